The van der Waals surface area contributed by atoms with Gasteiger partial charge in [0.25, 0.3) is 5.56 Å². The van der Waals surface area contributed by atoms with Crippen LogP contribution in [-0.2, 0) is 23.0 Å². The molecule has 0 unspecified atom stereocenters. The van der Waals surface area contributed by atoms with E-state index in [0.29, 0.717) is 28.6 Å². The average molecular weight is 487 g/mol. The number of primary sulfonamides is 1. The van der Waals surface area contributed by atoms with Gasteiger partial charge in [-0.25, -0.2) is 13.6 Å². The third-order valence-electron chi connectivity index (χ3n) is 3.82. The number of fused-ring (bicyclic) bond motifs is 1. The number of halogens is 1. The molecular weight excluding hydrogens is 473 g/mol. The molecule has 0 fully saturated rings. The first-order valence-electron chi connectivity index (χ1n) is 7.30. The van der Waals surface area contributed by atoms with E-state index in [1.54, 1.807) is 12.1 Å². The van der Waals surface area contributed by atoms with E-state index in [1.165, 1.54) is 16.7 Å². The van der Waals surface area contributed by atoms with Crippen molar-refractivity contribution in [2.45, 2.75) is 17.9 Å². The van der Waals surface area contributed by atoms with E-state index in [2.05, 4.69) is 27.6 Å². The van der Waals surface area contributed by atoms with Gasteiger partial charge in [-0.3, -0.25) is 9.36 Å². The van der Waals surface area contributed by atoms with Crippen molar-refractivity contribution >= 4 is 55.7 Å². The van der Waals surface area contributed by atoms with Gasteiger partial charge in [-0.2, -0.15) is 0 Å². The Balaban J connectivity index is 1.91. The number of aryl methyl sites for hydroxylation is 1. The number of benzene rings is 2. The van der Waals surface area contributed by atoms with Crippen LogP contribution in [0.2, 0.25) is 0 Å². The number of rotatable bonds is 4. The fraction of sp³-hybridized carbons (Fsp3) is 0.125. The third-order valence-corrected chi connectivity index (χ3v) is 5.74. The van der Waals surface area contributed by atoms with E-state index in [-0.39, 0.29) is 10.5 Å². The van der Waals surface area contributed by atoms with Crippen LogP contribution in [0, 0.1) is 8.34 Å². The number of nitrogens with two attached hydrogens (primary N) is 1. The Labute approximate surface area is 162 Å². The maximum atomic E-state index is 12.7. The predicted molar refractivity (Wildman–Crippen MR) is 108 cm³/mol. The molecule has 1 aromatic heterocycles. The van der Waals surface area contributed by atoms with Crippen molar-refractivity contribution in [3.05, 3.63) is 66.7 Å². The summed E-state index contributed by atoms with van der Waals surface area (Å²) in [4.78, 5) is 15.8. The lowest BCUT2D eigenvalue weighted by Crippen LogP contribution is -2.23. The standard InChI is InChI=1S/C16H14IN3O3S2/c17-11-3-6-14-13(9-11)15(21)20(16(24)19-14)8-7-10-1-4-12(5-2-10)25(18,22)23/h1-6,9H,7-8H2,(H,19,24)(H2,18,22,23). The molecule has 6 nitrogen and oxygen atoms in total. The van der Waals surface area contributed by atoms with Crippen LogP contribution < -0.4 is 10.7 Å². The van der Waals surface area contributed by atoms with Crippen molar-refractivity contribution in [1.29, 1.82) is 0 Å². The second kappa shape index (κ2) is 6.98. The molecule has 0 saturated heterocycles. The van der Waals surface area contributed by atoms with Crippen molar-refractivity contribution in [3.8, 4) is 0 Å². The van der Waals surface area contributed by atoms with Gasteiger partial charge in [0.1, 0.15) is 0 Å². The first-order chi connectivity index (χ1) is 11.8. The largest absolute Gasteiger partial charge is 0.332 e. The zero-order chi connectivity index (χ0) is 18.2. The normalized spacial score (nSPS) is 11.8. The summed E-state index contributed by atoms with van der Waals surface area (Å²) in [5.74, 6) is 0. The fourth-order valence-electron chi connectivity index (χ4n) is 2.51. The lowest BCUT2D eigenvalue weighted by atomic mass is 10.1. The highest BCUT2D eigenvalue weighted by Crippen LogP contribution is 2.13. The molecule has 0 aliphatic rings. The third kappa shape index (κ3) is 4.00. The Morgan fingerprint density at radius 1 is 1.16 bits per heavy atom. The molecule has 0 aliphatic carbocycles. The lowest BCUT2D eigenvalue weighted by Gasteiger charge is -2.09. The number of hydrogen-bond acceptors (Lipinski definition) is 4. The second-order valence-corrected chi connectivity index (χ2v) is 8.71. The summed E-state index contributed by atoms with van der Waals surface area (Å²) in [5.41, 5.74) is 1.46. The first-order valence-corrected chi connectivity index (χ1v) is 10.3. The van der Waals surface area contributed by atoms with E-state index in [0.717, 1.165) is 9.13 Å². The molecule has 3 N–H and O–H groups in total. The van der Waals surface area contributed by atoms with E-state index in [1.807, 2.05) is 18.2 Å². The minimum Gasteiger partial charge on any atom is -0.332 e. The van der Waals surface area contributed by atoms with Crippen LogP contribution in [0.1, 0.15) is 5.56 Å². The molecule has 0 saturated carbocycles. The quantitative estimate of drug-likeness (QED) is 0.437. The molecule has 1 heterocycles. The highest BCUT2D eigenvalue weighted by atomic mass is 127. The molecule has 130 valence electrons. The van der Waals surface area contributed by atoms with Gasteiger partial charge in [0.05, 0.1) is 15.8 Å². The number of hydrogen-bond donors (Lipinski definition) is 2. The van der Waals surface area contributed by atoms with E-state index >= 15 is 0 Å². The first kappa shape index (κ1) is 18.2. The van der Waals surface area contributed by atoms with Crippen molar-refractivity contribution in [2.24, 2.45) is 5.14 Å². The topological polar surface area (TPSA) is 97.9 Å². The molecule has 0 bridgehead atoms. The van der Waals surface area contributed by atoms with Crippen molar-refractivity contribution < 1.29 is 8.42 Å². The van der Waals surface area contributed by atoms with Gasteiger partial charge in [-0.05, 0) is 77.1 Å². The maximum absolute atomic E-state index is 12.7. The van der Waals surface area contributed by atoms with Crippen LogP contribution in [0.25, 0.3) is 10.9 Å². The molecule has 3 aromatic rings. The van der Waals surface area contributed by atoms with Gasteiger partial charge in [0.15, 0.2) is 4.77 Å². The molecule has 9 heteroatoms. The van der Waals surface area contributed by atoms with E-state index < -0.39 is 10.0 Å². The molecule has 2 aromatic carbocycles. The summed E-state index contributed by atoms with van der Waals surface area (Å²) in [6.45, 7) is 0.393. The summed E-state index contributed by atoms with van der Waals surface area (Å²) in [7, 11) is -3.71. The number of aromatic amines is 1. The minimum atomic E-state index is -3.71. The Hall–Kier alpha value is -1.56. The number of H-pyrrole nitrogens is 1. The SMILES string of the molecule is NS(=O)(=O)c1ccc(CCn2c(=S)[nH]c3ccc(I)cc3c2=O)cc1. The van der Waals surface area contributed by atoms with Gasteiger partial charge in [-0.1, -0.05) is 12.1 Å². The van der Waals surface area contributed by atoms with E-state index in [4.69, 9.17) is 17.4 Å². The maximum Gasteiger partial charge on any atom is 0.262 e. The van der Waals surface area contributed by atoms with Crippen LogP contribution in [0.5, 0.6) is 0 Å². The zero-order valence-corrected chi connectivity index (χ0v) is 16.7. The van der Waals surface area contributed by atoms with Crippen molar-refractivity contribution in [1.82, 2.24) is 9.55 Å². The monoisotopic (exact) mass is 487 g/mol. The second-order valence-electron chi connectivity index (χ2n) is 5.52. The van der Waals surface area contributed by atoms with Gasteiger partial charge in [0.2, 0.25) is 10.0 Å². The molecule has 0 aliphatic heterocycles. The van der Waals surface area contributed by atoms with Crippen LogP contribution in [-0.4, -0.2) is 18.0 Å². The Bertz CT molecular complexity index is 1170. The van der Waals surface area contributed by atoms with Crippen molar-refractivity contribution in [3.63, 3.8) is 0 Å². The Morgan fingerprint density at radius 2 is 1.84 bits per heavy atom. The lowest BCUT2D eigenvalue weighted by molar-refractivity contribution is 0.597. The summed E-state index contributed by atoms with van der Waals surface area (Å²) in [6.07, 6.45) is 0.539. The van der Waals surface area contributed by atoms with Crippen molar-refractivity contribution in [2.75, 3.05) is 0 Å². The van der Waals surface area contributed by atoms with Crippen LogP contribution in [0.3, 0.4) is 0 Å². The average Bonchev–Trinajstić information content (AvgIpc) is 2.55. The Kier molecular flexibility index (Phi) is 5.09. The van der Waals surface area contributed by atoms with Gasteiger partial charge < -0.3 is 4.98 Å². The minimum absolute atomic E-state index is 0.0611. The van der Waals surface area contributed by atoms with Gasteiger partial charge in [0, 0.05) is 10.1 Å². The summed E-state index contributed by atoms with van der Waals surface area (Å²) in [6, 6.07) is 11.8. The summed E-state index contributed by atoms with van der Waals surface area (Å²) < 4.78 is 25.4. The molecule has 25 heavy (non-hydrogen) atoms. The summed E-state index contributed by atoms with van der Waals surface area (Å²) in [5, 5.41) is 5.67. The van der Waals surface area contributed by atoms with Crippen LogP contribution in [0.4, 0.5) is 0 Å². The van der Waals surface area contributed by atoms with E-state index in [9.17, 15) is 13.2 Å². The summed E-state index contributed by atoms with van der Waals surface area (Å²) >= 11 is 7.45. The highest BCUT2D eigenvalue weighted by molar-refractivity contribution is 14.1. The van der Waals surface area contributed by atoms with Gasteiger partial charge in [-0.15, -0.1) is 0 Å². The molecule has 0 spiro atoms. The van der Waals surface area contributed by atoms with Crippen LogP contribution in [0.15, 0.2) is 52.2 Å². The van der Waals surface area contributed by atoms with Crippen LogP contribution >= 0.6 is 34.8 Å². The zero-order valence-electron chi connectivity index (χ0n) is 12.9. The fourth-order valence-corrected chi connectivity index (χ4v) is 3.80. The number of sulfonamides is 1. The smallest absolute Gasteiger partial charge is 0.262 e. The molecular formula is C16H14IN3O3S2. The number of nitrogens with one attached hydrogen (secondary N) is 1. The predicted octanol–water partition coefficient (Wildman–Crippen LogP) is 2.55. The molecule has 0 radical (unpaired) electrons. The molecule has 3 rings (SSSR count). The number of nitrogens with zero attached hydrogens (tertiary/aromatic N) is 1. The number of aromatic nitrogens is 2. The highest BCUT2D eigenvalue weighted by Gasteiger charge is 2.09. The van der Waals surface area contributed by atoms with Gasteiger partial charge >= 0.3 is 0 Å². The Morgan fingerprint density at radius 3 is 2.48 bits per heavy atom. The molecule has 0 atom stereocenters. The molecule has 0 amide bonds.